The van der Waals surface area contributed by atoms with Gasteiger partial charge in [-0.15, -0.1) is 35.9 Å². The van der Waals surface area contributed by atoms with Gasteiger partial charge in [0.2, 0.25) is 0 Å². The van der Waals surface area contributed by atoms with E-state index in [2.05, 4.69) is 75.9 Å². The van der Waals surface area contributed by atoms with Crippen LogP contribution < -0.4 is 5.32 Å². The molecule has 0 saturated heterocycles. The summed E-state index contributed by atoms with van der Waals surface area (Å²) in [5.74, 6) is 1.61. The predicted octanol–water partition coefficient (Wildman–Crippen LogP) is 7.57. The molecule has 1 aliphatic carbocycles. The molecule has 1 N–H and O–H groups in total. The molecule has 3 aromatic carbocycles. The van der Waals surface area contributed by atoms with E-state index in [1.54, 1.807) is 12.4 Å². The quantitative estimate of drug-likeness (QED) is 0.202. The number of fused-ring (bicyclic) bond motifs is 3. The van der Waals surface area contributed by atoms with Crippen LogP contribution in [0.3, 0.4) is 0 Å². The molecule has 0 radical (unpaired) electrons. The smallest absolute Gasteiger partial charge is 0.131 e. The third kappa shape index (κ3) is 4.68. The van der Waals surface area contributed by atoms with Gasteiger partial charge in [-0.05, 0) is 58.3 Å². The Morgan fingerprint density at radius 1 is 0.583 bits per heavy atom. The van der Waals surface area contributed by atoms with E-state index in [0.29, 0.717) is 0 Å². The van der Waals surface area contributed by atoms with Gasteiger partial charge in [-0.2, -0.15) is 0 Å². The van der Waals surface area contributed by atoms with Crippen LogP contribution >= 0.6 is 0 Å². The van der Waals surface area contributed by atoms with Crippen LogP contribution in [0.4, 0.5) is 11.6 Å². The molecule has 3 aromatic heterocycles. The van der Waals surface area contributed by atoms with Crippen molar-refractivity contribution in [1.29, 1.82) is 0 Å². The Morgan fingerprint density at radius 3 is 1.86 bits per heavy atom. The van der Waals surface area contributed by atoms with Crippen LogP contribution in [0.15, 0.2) is 122 Å². The van der Waals surface area contributed by atoms with E-state index < -0.39 is 0 Å². The third-order valence-electron chi connectivity index (χ3n) is 5.91. The largest absolute Gasteiger partial charge is 0.325 e. The maximum absolute atomic E-state index is 4.86. The molecule has 3 heterocycles. The Hall–Kier alpha value is -4.14. The summed E-state index contributed by atoms with van der Waals surface area (Å²) in [6.07, 6.45) is 3.48. The number of hydrogen-bond acceptors (Lipinski definition) is 4. The molecule has 0 atom stereocenters. The minimum atomic E-state index is 0. The molecule has 0 amide bonds. The van der Waals surface area contributed by atoms with E-state index >= 15 is 0 Å². The molecule has 176 valence electrons. The fourth-order valence-electron chi connectivity index (χ4n) is 4.37. The van der Waals surface area contributed by atoms with Crippen LogP contribution in [0.5, 0.6) is 0 Å². The number of anilines is 2. The number of nitrogens with one attached hydrogen (secondary N) is 1. The van der Waals surface area contributed by atoms with E-state index in [4.69, 9.17) is 4.98 Å². The third-order valence-corrected chi connectivity index (χ3v) is 5.91. The first-order chi connectivity index (χ1) is 17.4. The SMILES string of the molecule is [Pt].[c-]1ccccc1-c1cc2c3c(cccc3n1)-c1ccccc1-2.c1ccc(Nc2ccccn2)nc1. The van der Waals surface area contributed by atoms with Crippen molar-refractivity contribution < 1.29 is 21.1 Å². The molecular weight excluding hydrogens is 623 g/mol. The van der Waals surface area contributed by atoms with E-state index in [-0.39, 0.29) is 21.1 Å². The van der Waals surface area contributed by atoms with Gasteiger partial charge in [-0.3, -0.25) is 4.98 Å². The van der Waals surface area contributed by atoms with Crippen molar-refractivity contribution in [3.8, 4) is 33.5 Å². The first-order valence-corrected chi connectivity index (χ1v) is 11.5. The number of hydrogen-bond donors (Lipinski definition) is 1. The van der Waals surface area contributed by atoms with Crippen molar-refractivity contribution in [1.82, 2.24) is 15.0 Å². The zero-order valence-electron chi connectivity index (χ0n) is 19.2. The van der Waals surface area contributed by atoms with Crippen molar-refractivity contribution in [3.63, 3.8) is 0 Å². The number of pyridine rings is 3. The average molecular weight is 645 g/mol. The Balaban J connectivity index is 0.000000164. The van der Waals surface area contributed by atoms with Gasteiger partial charge in [-0.25, -0.2) is 9.97 Å². The number of benzene rings is 3. The Kier molecular flexibility index (Phi) is 6.97. The molecule has 0 unspecified atom stereocenters. The first kappa shape index (κ1) is 23.6. The maximum atomic E-state index is 4.86. The second-order valence-corrected chi connectivity index (χ2v) is 8.13. The second kappa shape index (κ2) is 10.6. The van der Waals surface area contributed by atoms with Crippen molar-refractivity contribution in [2.24, 2.45) is 0 Å². The van der Waals surface area contributed by atoms with Crippen molar-refractivity contribution in [3.05, 3.63) is 128 Å². The molecule has 0 bridgehead atoms. The number of aromatic nitrogens is 3. The summed E-state index contributed by atoms with van der Waals surface area (Å²) in [6.45, 7) is 0. The van der Waals surface area contributed by atoms with Crippen LogP contribution in [-0.2, 0) is 21.1 Å². The van der Waals surface area contributed by atoms with Gasteiger partial charge < -0.3 is 5.32 Å². The average Bonchev–Trinajstić information content (AvgIpc) is 3.26. The fraction of sp³-hybridized carbons (Fsp3) is 0. The van der Waals surface area contributed by atoms with Gasteiger partial charge in [-0.1, -0.05) is 54.6 Å². The van der Waals surface area contributed by atoms with Gasteiger partial charge in [0.1, 0.15) is 11.6 Å². The van der Waals surface area contributed by atoms with Crippen LogP contribution in [0, 0.1) is 6.07 Å². The zero-order valence-corrected chi connectivity index (χ0v) is 21.5. The summed E-state index contributed by atoms with van der Waals surface area (Å²) in [4.78, 5) is 13.1. The maximum Gasteiger partial charge on any atom is 0.131 e. The van der Waals surface area contributed by atoms with E-state index in [0.717, 1.165) is 28.4 Å². The summed E-state index contributed by atoms with van der Waals surface area (Å²) < 4.78 is 0. The summed E-state index contributed by atoms with van der Waals surface area (Å²) in [7, 11) is 0. The van der Waals surface area contributed by atoms with Crippen molar-refractivity contribution >= 4 is 22.5 Å². The molecule has 0 aliphatic heterocycles. The molecule has 36 heavy (non-hydrogen) atoms. The van der Waals surface area contributed by atoms with Gasteiger partial charge in [0, 0.05) is 38.8 Å². The molecule has 5 heteroatoms. The molecule has 0 saturated carbocycles. The zero-order chi connectivity index (χ0) is 23.5. The van der Waals surface area contributed by atoms with Crippen molar-refractivity contribution in [2.45, 2.75) is 0 Å². The second-order valence-electron chi connectivity index (χ2n) is 8.13. The molecule has 0 fully saturated rings. The fourth-order valence-corrected chi connectivity index (χ4v) is 4.37. The van der Waals surface area contributed by atoms with Crippen LogP contribution in [0.1, 0.15) is 0 Å². The Bertz CT molecular complexity index is 1570. The van der Waals surface area contributed by atoms with Gasteiger partial charge in [0.25, 0.3) is 0 Å². The predicted molar refractivity (Wildman–Crippen MR) is 142 cm³/mol. The minimum Gasteiger partial charge on any atom is -0.325 e. The molecule has 0 spiro atoms. The normalized spacial score (nSPS) is 10.6. The number of rotatable bonds is 3. The van der Waals surface area contributed by atoms with Crippen LogP contribution in [0.25, 0.3) is 44.4 Å². The topological polar surface area (TPSA) is 50.7 Å². The van der Waals surface area contributed by atoms with Crippen LogP contribution in [-0.4, -0.2) is 15.0 Å². The Labute approximate surface area is 224 Å². The first-order valence-electron chi connectivity index (χ1n) is 11.5. The standard InChI is InChI=1S/C21H12N.C10H9N3.Pt/c1-2-7-14(8-3-1)20-13-18-16-10-5-4-9-15(16)17-11-6-12-19(22-20)21(17)18;1-3-7-11-9(5-1)13-10-6-2-4-8-12-10;/h1-7,9-13H;1-8H,(H,11,12,13);/q-1;;. The summed E-state index contributed by atoms with van der Waals surface area (Å²) >= 11 is 0. The monoisotopic (exact) mass is 644 g/mol. The molecule has 6 aromatic rings. The van der Waals surface area contributed by atoms with Crippen LogP contribution in [0.2, 0.25) is 0 Å². The summed E-state index contributed by atoms with van der Waals surface area (Å²) in [5, 5.41) is 4.35. The molecular formula is C31H21N4Pt-. The summed E-state index contributed by atoms with van der Waals surface area (Å²) in [5.41, 5.74) is 8.25. The summed E-state index contributed by atoms with van der Waals surface area (Å²) in [6, 6.07) is 39.9. The van der Waals surface area contributed by atoms with Gasteiger partial charge in [0.05, 0.1) is 5.52 Å². The van der Waals surface area contributed by atoms with Gasteiger partial charge >= 0.3 is 0 Å². The van der Waals surface area contributed by atoms with E-state index in [9.17, 15) is 0 Å². The number of nitrogens with zero attached hydrogens (tertiary/aromatic N) is 3. The molecule has 7 rings (SSSR count). The molecule has 4 nitrogen and oxygen atoms in total. The van der Waals surface area contributed by atoms with Gasteiger partial charge in [0.15, 0.2) is 0 Å². The van der Waals surface area contributed by atoms with E-state index in [1.807, 2.05) is 54.6 Å². The minimum absolute atomic E-state index is 0. The van der Waals surface area contributed by atoms with E-state index in [1.165, 1.54) is 27.6 Å². The molecule has 1 aliphatic rings. The van der Waals surface area contributed by atoms with Crippen molar-refractivity contribution in [2.75, 3.05) is 5.32 Å². The Morgan fingerprint density at radius 2 is 1.22 bits per heavy atom.